The fourth-order valence-corrected chi connectivity index (χ4v) is 6.39. The van der Waals surface area contributed by atoms with Gasteiger partial charge in [-0.15, -0.1) is 0 Å². The predicted molar refractivity (Wildman–Crippen MR) is 85.3 cm³/mol. The third kappa shape index (κ3) is 2.45. The van der Waals surface area contributed by atoms with Crippen molar-refractivity contribution in [1.29, 1.82) is 0 Å². The van der Waals surface area contributed by atoms with E-state index in [0.29, 0.717) is 10.4 Å². The van der Waals surface area contributed by atoms with Crippen molar-refractivity contribution in [2.24, 2.45) is 16.7 Å². The summed E-state index contributed by atoms with van der Waals surface area (Å²) in [6.45, 7) is 6.59. The molecule has 4 nitrogen and oxygen atoms in total. The molecule has 116 valence electrons. The van der Waals surface area contributed by atoms with Crippen molar-refractivity contribution in [3.63, 3.8) is 0 Å². The zero-order valence-electron chi connectivity index (χ0n) is 12.6. The van der Waals surface area contributed by atoms with Gasteiger partial charge in [0.1, 0.15) is 4.90 Å². The van der Waals surface area contributed by atoms with E-state index in [-0.39, 0.29) is 21.8 Å². The summed E-state index contributed by atoms with van der Waals surface area (Å²) in [7, 11) is -3.54. The number of fused-ring (bicyclic) bond motifs is 2. The molecule has 3 unspecified atom stereocenters. The zero-order valence-corrected chi connectivity index (χ0v) is 15.0. The lowest BCUT2D eigenvalue weighted by Crippen LogP contribution is -2.52. The number of halogens is 1. The van der Waals surface area contributed by atoms with Crippen molar-refractivity contribution in [3.05, 3.63) is 22.9 Å². The first-order valence-electron chi connectivity index (χ1n) is 7.28. The molecule has 0 spiro atoms. The Morgan fingerprint density at radius 3 is 2.62 bits per heavy atom. The SMILES string of the molecule is CC12CCC(C1)C(C)(C)C2NS(=O)(=O)c1cncc(Br)c1. The first-order chi connectivity index (χ1) is 9.65. The molecular weight excluding hydrogens is 352 g/mol. The maximum absolute atomic E-state index is 12.7. The van der Waals surface area contributed by atoms with Crippen LogP contribution in [0.25, 0.3) is 0 Å². The summed E-state index contributed by atoms with van der Waals surface area (Å²) in [6.07, 6.45) is 6.41. The average Bonchev–Trinajstić information content (AvgIpc) is 2.86. The molecule has 0 saturated heterocycles. The van der Waals surface area contributed by atoms with E-state index in [1.807, 2.05) is 0 Å². The Hall–Kier alpha value is -0.460. The molecular formula is C15H21BrN2O2S. The molecule has 3 atom stereocenters. The Balaban J connectivity index is 1.93. The second-order valence-corrected chi connectivity index (χ2v) is 9.94. The molecule has 1 aromatic rings. The number of hydrogen-bond acceptors (Lipinski definition) is 3. The van der Waals surface area contributed by atoms with E-state index in [4.69, 9.17) is 0 Å². The number of pyridine rings is 1. The van der Waals surface area contributed by atoms with Crippen molar-refractivity contribution >= 4 is 26.0 Å². The maximum Gasteiger partial charge on any atom is 0.242 e. The van der Waals surface area contributed by atoms with E-state index >= 15 is 0 Å². The van der Waals surface area contributed by atoms with Crippen molar-refractivity contribution < 1.29 is 8.42 Å². The first-order valence-corrected chi connectivity index (χ1v) is 9.56. The van der Waals surface area contributed by atoms with Gasteiger partial charge in [-0.2, -0.15) is 0 Å². The summed E-state index contributed by atoms with van der Waals surface area (Å²) in [4.78, 5) is 4.18. The number of nitrogens with zero attached hydrogens (tertiary/aromatic N) is 1. The van der Waals surface area contributed by atoms with Crippen LogP contribution < -0.4 is 4.72 Å². The van der Waals surface area contributed by atoms with Gasteiger partial charge in [-0.05, 0) is 58.0 Å². The Morgan fingerprint density at radius 2 is 2.05 bits per heavy atom. The summed E-state index contributed by atoms with van der Waals surface area (Å²) in [5.41, 5.74) is 0.0696. The topological polar surface area (TPSA) is 59.1 Å². The van der Waals surface area contributed by atoms with E-state index in [1.54, 1.807) is 12.3 Å². The van der Waals surface area contributed by atoms with E-state index in [1.165, 1.54) is 12.6 Å². The monoisotopic (exact) mass is 372 g/mol. The van der Waals surface area contributed by atoms with Crippen LogP contribution in [-0.4, -0.2) is 19.4 Å². The summed E-state index contributed by atoms with van der Waals surface area (Å²) in [5, 5.41) is 0. The quantitative estimate of drug-likeness (QED) is 0.884. The average molecular weight is 373 g/mol. The lowest BCUT2D eigenvalue weighted by atomic mass is 9.69. The maximum atomic E-state index is 12.7. The molecule has 2 aliphatic carbocycles. The highest BCUT2D eigenvalue weighted by molar-refractivity contribution is 9.10. The molecule has 2 fully saturated rings. The van der Waals surface area contributed by atoms with Gasteiger partial charge < -0.3 is 0 Å². The van der Waals surface area contributed by atoms with Crippen LogP contribution in [0.4, 0.5) is 0 Å². The summed E-state index contributed by atoms with van der Waals surface area (Å²) >= 11 is 3.28. The van der Waals surface area contributed by atoms with Crippen molar-refractivity contribution in [2.75, 3.05) is 0 Å². The molecule has 6 heteroatoms. The van der Waals surface area contributed by atoms with Gasteiger partial charge in [-0.25, -0.2) is 13.1 Å². The molecule has 1 N–H and O–H groups in total. The Morgan fingerprint density at radius 1 is 1.33 bits per heavy atom. The molecule has 2 saturated carbocycles. The summed E-state index contributed by atoms with van der Waals surface area (Å²) < 4.78 is 29.0. The largest absolute Gasteiger partial charge is 0.262 e. The highest BCUT2D eigenvalue weighted by Gasteiger charge is 2.60. The van der Waals surface area contributed by atoms with Gasteiger partial charge in [0, 0.05) is 22.9 Å². The van der Waals surface area contributed by atoms with Crippen LogP contribution in [-0.2, 0) is 10.0 Å². The predicted octanol–water partition coefficient (Wildman–Crippen LogP) is 3.34. The second kappa shape index (κ2) is 4.77. The number of sulfonamides is 1. The lowest BCUT2D eigenvalue weighted by molar-refractivity contribution is 0.127. The van der Waals surface area contributed by atoms with Crippen LogP contribution in [0.15, 0.2) is 27.8 Å². The number of rotatable bonds is 3. The molecule has 1 aromatic heterocycles. The van der Waals surface area contributed by atoms with Crippen molar-refractivity contribution in [3.8, 4) is 0 Å². The zero-order chi connectivity index (χ0) is 15.5. The van der Waals surface area contributed by atoms with E-state index in [2.05, 4.69) is 46.4 Å². The Bertz CT molecular complexity index is 669. The van der Waals surface area contributed by atoms with E-state index in [9.17, 15) is 8.42 Å². The first kappa shape index (κ1) is 15.4. The fraction of sp³-hybridized carbons (Fsp3) is 0.667. The fourth-order valence-electron chi connectivity index (χ4n) is 4.36. The minimum atomic E-state index is -3.54. The van der Waals surface area contributed by atoms with Crippen LogP contribution in [0.3, 0.4) is 0 Å². The van der Waals surface area contributed by atoms with Crippen LogP contribution in [0, 0.1) is 16.7 Å². The molecule has 0 amide bonds. The normalized spacial score (nSPS) is 34.3. The second-order valence-electron chi connectivity index (χ2n) is 7.31. The smallest absolute Gasteiger partial charge is 0.242 e. The third-order valence-corrected chi connectivity index (χ3v) is 7.36. The van der Waals surface area contributed by atoms with Gasteiger partial charge in [0.2, 0.25) is 10.0 Å². The summed E-state index contributed by atoms with van der Waals surface area (Å²) in [6, 6.07) is 1.57. The highest BCUT2D eigenvalue weighted by Crippen LogP contribution is 2.62. The molecule has 1 heterocycles. The molecule has 2 bridgehead atoms. The standard InChI is InChI=1S/C15H21BrN2O2S/c1-14(2)10-4-5-15(3,7-10)13(14)18-21(19,20)12-6-11(16)8-17-9-12/h6,8-10,13,18H,4-5,7H2,1-3H3. The minimum absolute atomic E-state index is 0.000485. The van der Waals surface area contributed by atoms with Gasteiger partial charge in [0.15, 0.2) is 0 Å². The van der Waals surface area contributed by atoms with Crippen LogP contribution in [0.2, 0.25) is 0 Å². The van der Waals surface area contributed by atoms with Crippen molar-refractivity contribution in [2.45, 2.75) is 51.0 Å². The molecule has 3 rings (SSSR count). The molecule has 0 radical (unpaired) electrons. The molecule has 0 aliphatic heterocycles. The number of hydrogen-bond donors (Lipinski definition) is 1. The van der Waals surface area contributed by atoms with E-state index in [0.717, 1.165) is 12.8 Å². The third-order valence-electron chi connectivity index (χ3n) is 5.53. The van der Waals surface area contributed by atoms with Crippen LogP contribution >= 0.6 is 15.9 Å². The van der Waals surface area contributed by atoms with E-state index < -0.39 is 10.0 Å². The van der Waals surface area contributed by atoms with Crippen LogP contribution in [0.1, 0.15) is 40.0 Å². The molecule has 21 heavy (non-hydrogen) atoms. The van der Waals surface area contributed by atoms with Gasteiger partial charge in [0.25, 0.3) is 0 Å². The molecule has 0 aromatic carbocycles. The summed E-state index contributed by atoms with van der Waals surface area (Å²) in [5.74, 6) is 0.607. The van der Waals surface area contributed by atoms with Gasteiger partial charge in [0.05, 0.1) is 0 Å². The van der Waals surface area contributed by atoms with Crippen molar-refractivity contribution in [1.82, 2.24) is 9.71 Å². The number of aromatic nitrogens is 1. The lowest BCUT2D eigenvalue weighted by Gasteiger charge is -2.42. The van der Waals surface area contributed by atoms with Gasteiger partial charge >= 0.3 is 0 Å². The Labute approximate surface area is 134 Å². The minimum Gasteiger partial charge on any atom is -0.262 e. The highest BCUT2D eigenvalue weighted by atomic mass is 79.9. The molecule has 2 aliphatic rings. The van der Waals surface area contributed by atoms with Gasteiger partial charge in [-0.3, -0.25) is 4.98 Å². The van der Waals surface area contributed by atoms with Gasteiger partial charge in [-0.1, -0.05) is 20.8 Å². The van der Waals surface area contributed by atoms with Crippen LogP contribution in [0.5, 0.6) is 0 Å². The number of nitrogens with one attached hydrogen (secondary N) is 1. The Kier molecular flexibility index (Phi) is 3.50.